The molecule has 0 N–H and O–H groups in total. The third kappa shape index (κ3) is 3.67. The van der Waals surface area contributed by atoms with Crippen LogP contribution in [0.4, 0.5) is 13.2 Å². The zero-order valence-electron chi connectivity index (χ0n) is 12.2. The molecule has 9 heteroatoms. The topological polar surface area (TPSA) is 61.0 Å². The van der Waals surface area contributed by atoms with E-state index in [1.54, 1.807) is 31.4 Å². The number of benzene rings is 1. The molecule has 0 atom stereocenters. The van der Waals surface area contributed by atoms with Gasteiger partial charge in [0.15, 0.2) is 0 Å². The highest BCUT2D eigenvalue weighted by Gasteiger charge is 2.30. The Balaban J connectivity index is 1.73. The minimum absolute atomic E-state index is 0.188. The molecule has 0 bridgehead atoms. The molecule has 2 heterocycles. The molecule has 5 nitrogen and oxygen atoms in total. The Bertz CT molecular complexity index is 817. The molecule has 0 aliphatic heterocycles. The van der Waals surface area contributed by atoms with Crippen LogP contribution in [0.25, 0.3) is 11.5 Å². The van der Waals surface area contributed by atoms with E-state index in [9.17, 15) is 13.2 Å². The number of aromatic nitrogens is 3. The Morgan fingerprint density at radius 2 is 1.79 bits per heavy atom. The maximum atomic E-state index is 12.5. The quantitative estimate of drug-likeness (QED) is 0.696. The van der Waals surface area contributed by atoms with Gasteiger partial charge >= 0.3 is 6.18 Å². The highest BCUT2D eigenvalue weighted by Crippen LogP contribution is 2.32. The summed E-state index contributed by atoms with van der Waals surface area (Å²) in [6.45, 7) is 0. The van der Waals surface area contributed by atoms with Gasteiger partial charge in [0.05, 0.1) is 12.7 Å². The lowest BCUT2D eigenvalue weighted by atomic mass is 10.2. The molecule has 0 unspecified atom stereocenters. The van der Waals surface area contributed by atoms with Crippen molar-refractivity contribution in [2.24, 2.45) is 0 Å². The van der Waals surface area contributed by atoms with E-state index in [4.69, 9.17) is 9.15 Å². The molecule has 0 saturated heterocycles. The molecule has 0 saturated carbocycles. The van der Waals surface area contributed by atoms with E-state index in [-0.39, 0.29) is 5.22 Å². The summed E-state index contributed by atoms with van der Waals surface area (Å²) in [5.74, 6) is 0.994. The van der Waals surface area contributed by atoms with Crippen molar-refractivity contribution in [2.45, 2.75) is 16.4 Å². The summed E-state index contributed by atoms with van der Waals surface area (Å²) in [5, 5.41) is 8.28. The van der Waals surface area contributed by atoms with Gasteiger partial charge in [0.25, 0.3) is 5.22 Å². The van der Waals surface area contributed by atoms with Crippen LogP contribution >= 0.6 is 11.8 Å². The molecule has 0 aliphatic carbocycles. The number of rotatable bonds is 4. The van der Waals surface area contributed by atoms with E-state index in [0.29, 0.717) is 22.2 Å². The fourth-order valence-corrected chi connectivity index (χ4v) is 2.42. The fourth-order valence-electron chi connectivity index (χ4n) is 1.80. The zero-order chi connectivity index (χ0) is 17.2. The second kappa shape index (κ2) is 6.52. The molecule has 0 aliphatic rings. The average Bonchev–Trinajstić information content (AvgIpc) is 3.03. The van der Waals surface area contributed by atoms with Crippen LogP contribution < -0.4 is 4.74 Å². The molecular weight excluding hydrogens is 343 g/mol. The highest BCUT2D eigenvalue weighted by atomic mass is 32.2. The first kappa shape index (κ1) is 16.3. The van der Waals surface area contributed by atoms with Gasteiger partial charge in [-0.15, -0.1) is 10.2 Å². The number of pyridine rings is 1. The summed E-state index contributed by atoms with van der Waals surface area (Å²) in [6.07, 6.45) is -3.65. The van der Waals surface area contributed by atoms with Crippen LogP contribution in [0.1, 0.15) is 5.56 Å². The van der Waals surface area contributed by atoms with Gasteiger partial charge in [0.1, 0.15) is 10.8 Å². The summed E-state index contributed by atoms with van der Waals surface area (Å²) < 4.78 is 48.0. The molecule has 2 aromatic heterocycles. The summed E-state index contributed by atoms with van der Waals surface area (Å²) in [6, 6.07) is 9.24. The Morgan fingerprint density at radius 1 is 1.04 bits per heavy atom. The van der Waals surface area contributed by atoms with Crippen molar-refractivity contribution in [1.29, 1.82) is 0 Å². The Kier molecular flexibility index (Phi) is 4.43. The Hall–Kier alpha value is -2.55. The molecule has 0 amide bonds. The second-order valence-corrected chi connectivity index (χ2v) is 5.56. The normalized spacial score (nSPS) is 11.5. The lowest BCUT2D eigenvalue weighted by Crippen LogP contribution is -2.04. The number of methoxy groups -OCH3 is 1. The van der Waals surface area contributed by atoms with Gasteiger partial charge in [-0.2, -0.15) is 13.2 Å². The first-order valence-electron chi connectivity index (χ1n) is 6.65. The maximum absolute atomic E-state index is 12.5. The molecule has 24 heavy (non-hydrogen) atoms. The van der Waals surface area contributed by atoms with E-state index in [1.807, 2.05) is 0 Å². The highest BCUT2D eigenvalue weighted by molar-refractivity contribution is 7.99. The largest absolute Gasteiger partial charge is 0.497 e. The SMILES string of the molecule is COc1ccc(-c2nnc(Sc3ccc(C(F)(F)F)cn3)o2)cc1. The fraction of sp³-hybridized carbons (Fsp3) is 0.133. The Morgan fingerprint density at radius 3 is 2.38 bits per heavy atom. The minimum Gasteiger partial charge on any atom is -0.497 e. The number of alkyl halides is 3. The number of ether oxygens (including phenoxy) is 1. The predicted octanol–water partition coefficient (Wildman–Crippen LogP) is 4.31. The zero-order valence-corrected chi connectivity index (χ0v) is 13.1. The van der Waals surface area contributed by atoms with E-state index in [2.05, 4.69) is 15.2 Å². The standard InChI is InChI=1S/C15H10F3N3O2S/c1-22-11-5-2-9(3-6-11)13-20-21-14(23-13)24-12-7-4-10(8-19-12)15(16,17)18/h2-8H,1H3. The molecule has 124 valence electrons. The van der Waals surface area contributed by atoms with Gasteiger partial charge in [0.2, 0.25) is 5.89 Å². The van der Waals surface area contributed by atoms with Crippen LogP contribution in [-0.4, -0.2) is 22.3 Å². The summed E-state index contributed by atoms with van der Waals surface area (Å²) in [5.41, 5.74) is -0.105. The van der Waals surface area contributed by atoms with Gasteiger partial charge in [-0.25, -0.2) is 4.98 Å². The van der Waals surface area contributed by atoms with Crippen LogP contribution in [0, 0.1) is 0 Å². The molecular formula is C15H10F3N3O2S. The minimum atomic E-state index is -4.41. The summed E-state index contributed by atoms with van der Waals surface area (Å²) in [7, 11) is 1.56. The van der Waals surface area contributed by atoms with Crippen LogP contribution in [-0.2, 0) is 6.18 Å². The number of hydrogen-bond donors (Lipinski definition) is 0. The van der Waals surface area contributed by atoms with E-state index < -0.39 is 11.7 Å². The number of nitrogens with zero attached hydrogens (tertiary/aromatic N) is 3. The first-order valence-corrected chi connectivity index (χ1v) is 7.46. The molecule has 3 rings (SSSR count). The lowest BCUT2D eigenvalue weighted by Gasteiger charge is -2.05. The number of hydrogen-bond acceptors (Lipinski definition) is 6. The van der Waals surface area contributed by atoms with Crippen molar-refractivity contribution >= 4 is 11.8 Å². The van der Waals surface area contributed by atoms with Gasteiger partial charge in [-0.3, -0.25) is 0 Å². The molecule has 0 spiro atoms. The van der Waals surface area contributed by atoms with Crippen molar-refractivity contribution < 1.29 is 22.3 Å². The lowest BCUT2D eigenvalue weighted by molar-refractivity contribution is -0.137. The third-order valence-electron chi connectivity index (χ3n) is 3.00. The summed E-state index contributed by atoms with van der Waals surface area (Å²) in [4.78, 5) is 3.74. The van der Waals surface area contributed by atoms with E-state index in [1.165, 1.54) is 6.07 Å². The van der Waals surface area contributed by atoms with Gasteiger partial charge in [-0.1, -0.05) is 0 Å². The molecule has 0 fully saturated rings. The van der Waals surface area contributed by atoms with Crippen molar-refractivity contribution in [3.8, 4) is 17.2 Å². The monoisotopic (exact) mass is 353 g/mol. The first-order chi connectivity index (χ1) is 11.5. The van der Waals surface area contributed by atoms with Crippen molar-refractivity contribution in [3.05, 3.63) is 48.2 Å². The maximum Gasteiger partial charge on any atom is 0.417 e. The van der Waals surface area contributed by atoms with E-state index in [0.717, 1.165) is 24.0 Å². The third-order valence-corrected chi connectivity index (χ3v) is 3.79. The second-order valence-electron chi connectivity index (χ2n) is 4.59. The van der Waals surface area contributed by atoms with Crippen LogP contribution in [0.2, 0.25) is 0 Å². The molecule has 3 aromatic rings. The molecule has 1 aromatic carbocycles. The van der Waals surface area contributed by atoms with Gasteiger partial charge < -0.3 is 9.15 Å². The van der Waals surface area contributed by atoms with E-state index >= 15 is 0 Å². The van der Waals surface area contributed by atoms with Crippen molar-refractivity contribution in [2.75, 3.05) is 7.11 Å². The van der Waals surface area contributed by atoms with Gasteiger partial charge in [0, 0.05) is 11.8 Å². The van der Waals surface area contributed by atoms with Crippen LogP contribution in [0.3, 0.4) is 0 Å². The van der Waals surface area contributed by atoms with Crippen LogP contribution in [0.15, 0.2) is 57.3 Å². The summed E-state index contributed by atoms with van der Waals surface area (Å²) >= 11 is 0.987. The number of halogens is 3. The predicted molar refractivity (Wildman–Crippen MR) is 79.6 cm³/mol. The van der Waals surface area contributed by atoms with Crippen molar-refractivity contribution in [3.63, 3.8) is 0 Å². The smallest absolute Gasteiger partial charge is 0.417 e. The Labute approximate surface area is 138 Å². The molecule has 0 radical (unpaired) electrons. The van der Waals surface area contributed by atoms with Crippen molar-refractivity contribution in [1.82, 2.24) is 15.2 Å². The average molecular weight is 353 g/mol. The van der Waals surface area contributed by atoms with Crippen LogP contribution in [0.5, 0.6) is 5.75 Å². The van der Waals surface area contributed by atoms with Gasteiger partial charge in [-0.05, 0) is 48.2 Å².